The van der Waals surface area contributed by atoms with Crippen LogP contribution >= 0.6 is 0 Å². The number of aromatic carboxylic acids is 1. The Morgan fingerprint density at radius 1 is 1.04 bits per heavy atom. The maximum absolute atomic E-state index is 12.2. The summed E-state index contributed by atoms with van der Waals surface area (Å²) in [6.07, 6.45) is 1.27. The van der Waals surface area contributed by atoms with Crippen molar-refractivity contribution < 1.29 is 20.1 Å². The monoisotopic (exact) mass is 311 g/mol. The molecule has 0 fully saturated rings. The molecular weight excluding hydrogens is 298 g/mol. The second-order valence-electron chi connectivity index (χ2n) is 5.18. The minimum absolute atomic E-state index is 0.0937. The molecule has 3 aromatic rings. The molecule has 0 unspecified atom stereocenters. The Labute approximate surface area is 130 Å². The van der Waals surface area contributed by atoms with Crippen LogP contribution in [0.15, 0.2) is 53.5 Å². The number of aromatic nitrogens is 1. The first-order valence-electron chi connectivity index (χ1n) is 6.83. The number of fused-ring (bicyclic) bond motifs is 1. The number of carbonyl (C=O) groups is 1. The predicted molar refractivity (Wildman–Crippen MR) is 84.0 cm³/mol. The van der Waals surface area contributed by atoms with Gasteiger partial charge in [-0.05, 0) is 29.8 Å². The highest BCUT2D eigenvalue weighted by Crippen LogP contribution is 2.22. The van der Waals surface area contributed by atoms with Crippen molar-refractivity contribution in [1.82, 2.24) is 4.57 Å². The van der Waals surface area contributed by atoms with Gasteiger partial charge < -0.3 is 19.9 Å². The molecule has 0 bridgehead atoms. The van der Waals surface area contributed by atoms with Gasteiger partial charge in [0.1, 0.15) is 17.1 Å². The van der Waals surface area contributed by atoms with Crippen LogP contribution in [0.3, 0.4) is 0 Å². The van der Waals surface area contributed by atoms with Crippen LogP contribution in [0.2, 0.25) is 0 Å². The van der Waals surface area contributed by atoms with E-state index in [9.17, 15) is 24.9 Å². The number of pyridine rings is 1. The van der Waals surface area contributed by atoms with E-state index in [4.69, 9.17) is 0 Å². The average Bonchev–Trinajstić information content (AvgIpc) is 2.49. The Bertz CT molecular complexity index is 954. The lowest BCUT2D eigenvalue weighted by Crippen LogP contribution is -2.19. The van der Waals surface area contributed by atoms with E-state index in [0.29, 0.717) is 16.5 Å². The molecule has 0 aliphatic carbocycles. The predicted octanol–water partition coefficient (Wildman–Crippen LogP) is 2.16. The number of hydrogen-bond donors (Lipinski definition) is 3. The summed E-state index contributed by atoms with van der Waals surface area (Å²) < 4.78 is 1.61. The van der Waals surface area contributed by atoms with Gasteiger partial charge in [0.05, 0.1) is 5.52 Å². The van der Waals surface area contributed by atoms with Gasteiger partial charge in [-0.1, -0.05) is 12.1 Å². The zero-order valence-corrected chi connectivity index (χ0v) is 11.9. The van der Waals surface area contributed by atoms with Crippen molar-refractivity contribution in [2.45, 2.75) is 6.54 Å². The summed E-state index contributed by atoms with van der Waals surface area (Å²) in [4.78, 5) is 23.5. The highest BCUT2D eigenvalue weighted by atomic mass is 16.4. The molecule has 0 aliphatic heterocycles. The lowest BCUT2D eigenvalue weighted by Gasteiger charge is -2.13. The number of carboxylic acid groups (broad SMARTS) is 1. The third kappa shape index (κ3) is 2.74. The molecule has 3 rings (SSSR count). The van der Waals surface area contributed by atoms with Crippen molar-refractivity contribution in [3.8, 4) is 11.5 Å². The van der Waals surface area contributed by atoms with Crippen molar-refractivity contribution in [1.29, 1.82) is 0 Å². The maximum atomic E-state index is 12.2. The lowest BCUT2D eigenvalue weighted by atomic mass is 10.1. The van der Waals surface area contributed by atoms with E-state index >= 15 is 0 Å². The van der Waals surface area contributed by atoms with Gasteiger partial charge in [0.2, 0.25) is 5.43 Å². The fraction of sp³-hybridized carbons (Fsp3) is 0.0588. The Kier molecular flexibility index (Phi) is 3.50. The normalized spacial score (nSPS) is 10.8. The Morgan fingerprint density at radius 2 is 1.70 bits per heavy atom. The average molecular weight is 311 g/mol. The minimum atomic E-state index is -1.30. The van der Waals surface area contributed by atoms with Crippen LogP contribution in [-0.2, 0) is 6.54 Å². The van der Waals surface area contributed by atoms with Crippen molar-refractivity contribution in [2.24, 2.45) is 0 Å². The van der Waals surface area contributed by atoms with Gasteiger partial charge in [-0.2, -0.15) is 0 Å². The van der Waals surface area contributed by atoms with Crippen LogP contribution in [0, 0.1) is 0 Å². The van der Waals surface area contributed by atoms with Crippen LogP contribution in [-0.4, -0.2) is 25.9 Å². The van der Waals surface area contributed by atoms with Gasteiger partial charge in [-0.25, -0.2) is 4.79 Å². The van der Waals surface area contributed by atoms with Gasteiger partial charge in [-0.15, -0.1) is 0 Å². The zero-order valence-electron chi connectivity index (χ0n) is 11.9. The van der Waals surface area contributed by atoms with Crippen LogP contribution in [0.4, 0.5) is 0 Å². The topological polar surface area (TPSA) is 99.8 Å². The van der Waals surface area contributed by atoms with E-state index in [-0.39, 0.29) is 23.6 Å². The minimum Gasteiger partial charge on any atom is -0.508 e. The number of phenols is 2. The summed E-state index contributed by atoms with van der Waals surface area (Å²) in [7, 11) is 0. The molecule has 3 N–H and O–H groups in total. The van der Waals surface area contributed by atoms with Crippen LogP contribution in [0.5, 0.6) is 11.5 Å². The molecule has 0 spiro atoms. The molecule has 6 heteroatoms. The smallest absolute Gasteiger partial charge is 0.341 e. The van der Waals surface area contributed by atoms with Crippen LogP contribution in [0.25, 0.3) is 10.9 Å². The van der Waals surface area contributed by atoms with Crippen molar-refractivity contribution in [3.05, 3.63) is 70.0 Å². The molecule has 23 heavy (non-hydrogen) atoms. The molecule has 6 nitrogen and oxygen atoms in total. The Morgan fingerprint density at radius 3 is 2.35 bits per heavy atom. The molecule has 1 aromatic heterocycles. The number of rotatable bonds is 3. The summed E-state index contributed by atoms with van der Waals surface area (Å²) in [6, 6.07) is 10.8. The van der Waals surface area contributed by atoms with Crippen LogP contribution < -0.4 is 5.43 Å². The SMILES string of the molecule is O=C(O)c1cn(Cc2cc(O)cc(O)c2)c2ccccc2c1=O. The van der Waals surface area contributed by atoms with E-state index < -0.39 is 11.4 Å². The second-order valence-corrected chi connectivity index (χ2v) is 5.18. The molecule has 0 amide bonds. The largest absolute Gasteiger partial charge is 0.508 e. The number of benzene rings is 2. The first kappa shape index (κ1) is 14.6. The number of aromatic hydroxyl groups is 2. The molecule has 0 saturated heterocycles. The molecular formula is C17H13NO5. The van der Waals surface area contributed by atoms with Crippen LogP contribution in [0.1, 0.15) is 15.9 Å². The third-order valence-electron chi connectivity index (χ3n) is 3.53. The maximum Gasteiger partial charge on any atom is 0.341 e. The highest BCUT2D eigenvalue weighted by Gasteiger charge is 2.14. The van der Waals surface area contributed by atoms with Gasteiger partial charge >= 0.3 is 5.97 Å². The first-order chi connectivity index (χ1) is 11.0. The molecule has 0 saturated carbocycles. The van der Waals surface area contributed by atoms with Crippen molar-refractivity contribution in [2.75, 3.05) is 0 Å². The third-order valence-corrected chi connectivity index (χ3v) is 3.53. The molecule has 0 atom stereocenters. The number of hydrogen-bond acceptors (Lipinski definition) is 4. The summed E-state index contributed by atoms with van der Waals surface area (Å²) >= 11 is 0. The van der Waals surface area contributed by atoms with Gasteiger partial charge in [-0.3, -0.25) is 4.79 Å². The Hall–Kier alpha value is -3.28. The summed E-state index contributed by atoms with van der Waals surface area (Å²) in [5, 5.41) is 28.6. The van der Waals surface area contributed by atoms with Gasteiger partial charge in [0, 0.05) is 24.2 Å². The van der Waals surface area contributed by atoms with Crippen molar-refractivity contribution >= 4 is 16.9 Å². The molecule has 1 heterocycles. The molecule has 0 aliphatic rings. The van der Waals surface area contributed by atoms with Gasteiger partial charge in [0.25, 0.3) is 0 Å². The number of para-hydroxylation sites is 1. The Balaban J connectivity index is 2.22. The number of phenolic OH excluding ortho intramolecular Hbond substituents is 2. The standard InChI is InChI=1S/C17H13NO5/c19-11-5-10(6-12(20)7-11)8-18-9-14(17(22)23)16(21)13-3-1-2-4-15(13)18/h1-7,9,19-20H,8H2,(H,22,23). The quantitative estimate of drug-likeness (QED) is 0.688. The fourth-order valence-corrected chi connectivity index (χ4v) is 2.57. The highest BCUT2D eigenvalue weighted by molar-refractivity contribution is 5.92. The van der Waals surface area contributed by atoms with E-state index in [1.54, 1.807) is 28.8 Å². The second kappa shape index (κ2) is 5.49. The zero-order chi connectivity index (χ0) is 16.6. The summed E-state index contributed by atoms with van der Waals surface area (Å²) in [5.41, 5.74) is 0.286. The van der Waals surface area contributed by atoms with Gasteiger partial charge in [0.15, 0.2) is 0 Å². The van der Waals surface area contributed by atoms with E-state index in [0.717, 1.165) is 0 Å². The van der Waals surface area contributed by atoms with E-state index in [1.807, 2.05) is 0 Å². The molecule has 116 valence electrons. The van der Waals surface area contributed by atoms with Crippen molar-refractivity contribution in [3.63, 3.8) is 0 Å². The summed E-state index contributed by atoms with van der Waals surface area (Å²) in [6.45, 7) is 0.197. The lowest BCUT2D eigenvalue weighted by molar-refractivity contribution is 0.0695. The molecule has 2 aromatic carbocycles. The molecule has 0 radical (unpaired) electrons. The fourth-order valence-electron chi connectivity index (χ4n) is 2.57. The van der Waals surface area contributed by atoms with E-state index in [2.05, 4.69) is 0 Å². The van der Waals surface area contributed by atoms with E-state index in [1.165, 1.54) is 24.4 Å². The summed E-state index contributed by atoms with van der Waals surface area (Å²) in [5.74, 6) is -1.49. The number of nitrogens with zero attached hydrogens (tertiary/aromatic N) is 1. The number of carboxylic acids is 1. The first-order valence-corrected chi connectivity index (χ1v) is 6.83.